The third-order valence-corrected chi connectivity index (χ3v) is 5.77. The predicted octanol–water partition coefficient (Wildman–Crippen LogP) is 2.37. The average molecular weight is 402 g/mol. The van der Waals surface area contributed by atoms with E-state index in [4.69, 9.17) is 16.6 Å². The van der Waals surface area contributed by atoms with Gasteiger partial charge in [0.15, 0.2) is 11.2 Å². The van der Waals surface area contributed by atoms with Crippen LogP contribution in [0.15, 0.2) is 33.9 Å². The van der Waals surface area contributed by atoms with E-state index in [1.807, 2.05) is 28.8 Å². The van der Waals surface area contributed by atoms with E-state index >= 15 is 0 Å². The van der Waals surface area contributed by atoms with E-state index in [-0.39, 0.29) is 11.2 Å². The Balaban J connectivity index is 1.95. The summed E-state index contributed by atoms with van der Waals surface area (Å²) in [7, 11) is 3.17. The number of benzene rings is 1. The topological polar surface area (TPSA) is 65.1 Å². The number of piperidine rings is 1. The van der Waals surface area contributed by atoms with Crippen molar-refractivity contribution in [3.63, 3.8) is 0 Å². The van der Waals surface area contributed by atoms with Gasteiger partial charge in [-0.1, -0.05) is 30.7 Å². The lowest BCUT2D eigenvalue weighted by Gasteiger charge is -2.32. The molecule has 1 aliphatic rings. The maximum Gasteiger partial charge on any atom is 0.332 e. The van der Waals surface area contributed by atoms with Gasteiger partial charge in [-0.2, -0.15) is 4.98 Å². The van der Waals surface area contributed by atoms with Gasteiger partial charge in [0.25, 0.3) is 5.56 Å². The van der Waals surface area contributed by atoms with E-state index in [1.165, 1.54) is 18.0 Å². The molecular weight excluding hydrogens is 378 g/mol. The van der Waals surface area contributed by atoms with Crippen molar-refractivity contribution in [1.29, 1.82) is 0 Å². The molecule has 0 amide bonds. The molecule has 4 rings (SSSR count). The van der Waals surface area contributed by atoms with E-state index in [1.54, 1.807) is 7.05 Å². The van der Waals surface area contributed by atoms with E-state index in [0.29, 0.717) is 28.6 Å². The smallest absolute Gasteiger partial charge is 0.332 e. The number of hydrogen-bond acceptors (Lipinski definition) is 4. The molecule has 28 heavy (non-hydrogen) atoms. The van der Waals surface area contributed by atoms with Crippen LogP contribution in [-0.4, -0.2) is 31.8 Å². The number of rotatable bonds is 3. The normalized spacial score (nSPS) is 17.4. The molecule has 1 aliphatic heterocycles. The van der Waals surface area contributed by atoms with Crippen molar-refractivity contribution >= 4 is 28.7 Å². The van der Waals surface area contributed by atoms with Crippen LogP contribution in [0.5, 0.6) is 0 Å². The highest BCUT2D eigenvalue weighted by Gasteiger charge is 2.25. The molecule has 1 fully saturated rings. The highest BCUT2D eigenvalue weighted by molar-refractivity contribution is 6.30. The Morgan fingerprint density at radius 3 is 2.54 bits per heavy atom. The third kappa shape index (κ3) is 3.13. The van der Waals surface area contributed by atoms with E-state index in [9.17, 15) is 9.59 Å². The summed E-state index contributed by atoms with van der Waals surface area (Å²) in [6.07, 6.45) is 2.27. The van der Waals surface area contributed by atoms with Crippen LogP contribution in [0.25, 0.3) is 11.2 Å². The predicted molar refractivity (Wildman–Crippen MR) is 111 cm³/mol. The summed E-state index contributed by atoms with van der Waals surface area (Å²) in [5, 5.41) is 0.669. The number of halogens is 1. The van der Waals surface area contributed by atoms with Gasteiger partial charge in [0, 0.05) is 32.2 Å². The first-order valence-corrected chi connectivity index (χ1v) is 9.90. The van der Waals surface area contributed by atoms with Gasteiger partial charge < -0.3 is 4.90 Å². The maximum absolute atomic E-state index is 13.0. The van der Waals surface area contributed by atoms with Crippen molar-refractivity contribution in [2.75, 3.05) is 18.0 Å². The number of nitrogens with zero attached hydrogens (tertiary/aromatic N) is 5. The molecule has 148 valence electrons. The molecule has 0 aliphatic carbocycles. The Morgan fingerprint density at radius 1 is 1.14 bits per heavy atom. The molecule has 3 heterocycles. The zero-order valence-corrected chi connectivity index (χ0v) is 17.1. The fourth-order valence-corrected chi connectivity index (χ4v) is 4.10. The Hall–Kier alpha value is -2.54. The Bertz CT molecular complexity index is 1140. The molecule has 7 nitrogen and oxygen atoms in total. The summed E-state index contributed by atoms with van der Waals surface area (Å²) in [4.78, 5) is 32.4. The van der Waals surface area contributed by atoms with Gasteiger partial charge in [-0.25, -0.2) is 4.79 Å². The number of anilines is 1. The molecule has 2 aromatic heterocycles. The zero-order valence-electron chi connectivity index (χ0n) is 16.4. The monoisotopic (exact) mass is 401 g/mol. The number of aryl methyl sites for hydroxylation is 1. The van der Waals surface area contributed by atoms with Crippen LogP contribution in [0, 0.1) is 5.92 Å². The minimum absolute atomic E-state index is 0.323. The van der Waals surface area contributed by atoms with Crippen LogP contribution in [0.4, 0.5) is 5.95 Å². The van der Waals surface area contributed by atoms with E-state index in [2.05, 4.69) is 11.8 Å². The molecule has 0 spiro atoms. The molecule has 0 unspecified atom stereocenters. The van der Waals surface area contributed by atoms with Gasteiger partial charge in [-0.15, -0.1) is 0 Å². The molecule has 0 saturated carbocycles. The standard InChI is InChI=1S/C20H24ClN5O2/c1-13-5-4-10-25(11-13)19-22-17-16(18(27)24(3)20(28)23(17)2)26(19)12-14-6-8-15(21)9-7-14/h6-9,13H,4-5,10-12H2,1-3H3/t13-/m1/s1. The van der Waals surface area contributed by atoms with Crippen molar-refractivity contribution in [1.82, 2.24) is 18.7 Å². The molecule has 1 aromatic carbocycles. The second kappa shape index (κ2) is 7.13. The van der Waals surface area contributed by atoms with Crippen LogP contribution in [0.2, 0.25) is 5.02 Å². The van der Waals surface area contributed by atoms with Crippen molar-refractivity contribution < 1.29 is 0 Å². The lowest BCUT2D eigenvalue weighted by Crippen LogP contribution is -2.38. The quantitative estimate of drug-likeness (QED) is 0.675. The molecule has 0 bridgehead atoms. The fraction of sp³-hybridized carbons (Fsp3) is 0.450. The number of fused-ring (bicyclic) bond motifs is 1. The highest BCUT2D eigenvalue weighted by Crippen LogP contribution is 2.26. The molecular formula is C20H24ClN5O2. The van der Waals surface area contributed by atoms with Crippen LogP contribution in [0.3, 0.4) is 0 Å². The summed E-state index contributed by atoms with van der Waals surface area (Å²) >= 11 is 6.02. The summed E-state index contributed by atoms with van der Waals surface area (Å²) in [5.74, 6) is 1.30. The van der Waals surface area contributed by atoms with Crippen LogP contribution < -0.4 is 16.1 Å². The lowest BCUT2D eigenvalue weighted by atomic mass is 10.0. The van der Waals surface area contributed by atoms with Crippen LogP contribution in [-0.2, 0) is 20.6 Å². The molecule has 1 saturated heterocycles. The van der Waals surface area contributed by atoms with Gasteiger partial charge >= 0.3 is 5.69 Å². The number of imidazole rings is 1. The lowest BCUT2D eigenvalue weighted by molar-refractivity contribution is 0.439. The van der Waals surface area contributed by atoms with Gasteiger partial charge in [-0.05, 0) is 36.5 Å². The summed E-state index contributed by atoms with van der Waals surface area (Å²) in [5.41, 5.74) is 1.21. The van der Waals surface area contributed by atoms with Crippen molar-refractivity contribution in [2.24, 2.45) is 20.0 Å². The maximum atomic E-state index is 13.0. The third-order valence-electron chi connectivity index (χ3n) is 5.52. The molecule has 3 aromatic rings. The molecule has 0 radical (unpaired) electrons. The van der Waals surface area contributed by atoms with E-state index < -0.39 is 0 Å². The minimum atomic E-state index is -0.368. The van der Waals surface area contributed by atoms with Gasteiger partial charge in [0.2, 0.25) is 5.95 Å². The van der Waals surface area contributed by atoms with Gasteiger partial charge in [-0.3, -0.25) is 18.5 Å². The Labute approximate surface area is 167 Å². The number of aromatic nitrogens is 4. The molecule has 0 N–H and O–H groups in total. The summed E-state index contributed by atoms with van der Waals surface area (Å²) in [6.45, 7) is 4.50. The summed E-state index contributed by atoms with van der Waals surface area (Å²) in [6, 6.07) is 7.57. The Kier molecular flexibility index (Phi) is 4.79. The zero-order chi connectivity index (χ0) is 20.0. The first-order valence-electron chi connectivity index (χ1n) is 9.52. The molecule has 8 heteroatoms. The first kappa shape index (κ1) is 18.8. The second-order valence-corrected chi connectivity index (χ2v) is 8.13. The largest absolute Gasteiger partial charge is 0.342 e. The van der Waals surface area contributed by atoms with E-state index in [0.717, 1.165) is 35.6 Å². The fourth-order valence-electron chi connectivity index (χ4n) is 3.97. The van der Waals surface area contributed by atoms with Crippen LogP contribution >= 0.6 is 11.6 Å². The second-order valence-electron chi connectivity index (χ2n) is 7.70. The van der Waals surface area contributed by atoms with Crippen LogP contribution in [0.1, 0.15) is 25.3 Å². The van der Waals surface area contributed by atoms with Crippen molar-refractivity contribution in [3.8, 4) is 0 Å². The first-order chi connectivity index (χ1) is 13.4. The summed E-state index contributed by atoms with van der Waals surface area (Å²) < 4.78 is 4.54. The highest BCUT2D eigenvalue weighted by atomic mass is 35.5. The minimum Gasteiger partial charge on any atom is -0.342 e. The van der Waals surface area contributed by atoms with Crippen molar-refractivity contribution in [2.45, 2.75) is 26.3 Å². The Morgan fingerprint density at radius 2 is 1.86 bits per heavy atom. The SMILES string of the molecule is C[C@@H]1CCCN(c2nc3c(c(=O)n(C)c(=O)n3C)n2Cc2ccc(Cl)cc2)C1. The number of hydrogen-bond donors (Lipinski definition) is 0. The van der Waals surface area contributed by atoms with Gasteiger partial charge in [0.05, 0.1) is 6.54 Å². The van der Waals surface area contributed by atoms with Crippen molar-refractivity contribution in [3.05, 3.63) is 55.7 Å². The van der Waals surface area contributed by atoms with Gasteiger partial charge in [0.1, 0.15) is 0 Å². The average Bonchev–Trinajstić information content (AvgIpc) is 3.06. The molecule has 1 atom stereocenters.